The Labute approximate surface area is 38.6 Å². The molecule has 0 aliphatic heterocycles. The van der Waals surface area contributed by atoms with E-state index in [1.165, 1.54) is 19.4 Å². The Morgan fingerprint density at radius 2 is 1.25 bits per heavy atom. The van der Waals surface area contributed by atoms with Crippen LogP contribution in [0.15, 0.2) is 0 Å². The van der Waals surface area contributed by atoms with Crippen LogP contribution < -0.4 is 0 Å². The summed E-state index contributed by atoms with van der Waals surface area (Å²) in [5, 5.41) is 0. The van der Waals surface area contributed by atoms with Crippen molar-refractivity contribution in [2.45, 2.75) is 13.8 Å². The number of hydrogen-bond acceptors (Lipinski definition) is 0. The van der Waals surface area contributed by atoms with E-state index in [0.717, 1.165) is 0 Å². The molecule has 26 valence electrons. The second-order valence-electron chi connectivity index (χ2n) is 0. The summed E-state index contributed by atoms with van der Waals surface area (Å²) in [6.45, 7) is 4.00. The van der Waals surface area contributed by atoms with Crippen molar-refractivity contribution < 1.29 is 19.4 Å². The first-order valence-corrected chi connectivity index (χ1v) is 3.36. The Morgan fingerprint density at radius 1 is 1.25 bits per heavy atom. The third-order valence-electron chi connectivity index (χ3n) is 0. The van der Waals surface area contributed by atoms with Gasteiger partial charge in [0.2, 0.25) is 0 Å². The fourth-order valence-corrected chi connectivity index (χ4v) is 0. The maximum absolute atomic E-state index is 3.33. The van der Waals surface area contributed by atoms with E-state index in [1.807, 2.05) is 13.8 Å². The number of hydrogen-bond donors (Lipinski definition) is 0. The van der Waals surface area contributed by atoms with Gasteiger partial charge in [-0.05, 0) is 0 Å². The first kappa shape index (κ1) is 8.82. The fraction of sp³-hybridized carbons (Fsp3) is 0.667. The van der Waals surface area contributed by atoms with Crippen molar-refractivity contribution >= 4 is 4.90 Å². The summed E-state index contributed by atoms with van der Waals surface area (Å²) < 4.78 is 0. The van der Waals surface area contributed by atoms with Crippen LogP contribution in [0.2, 0.25) is 0 Å². The van der Waals surface area contributed by atoms with E-state index in [2.05, 4.69) is 4.90 Å². The van der Waals surface area contributed by atoms with Gasteiger partial charge in [0.1, 0.15) is 0 Å². The van der Waals surface area contributed by atoms with Crippen molar-refractivity contribution in [3.63, 3.8) is 0 Å². The van der Waals surface area contributed by atoms with E-state index in [4.69, 9.17) is 0 Å². The molecule has 0 aliphatic rings. The molecule has 0 amide bonds. The predicted octanol–water partition coefficient (Wildman–Crippen LogP) is 0.991. The molecule has 0 saturated heterocycles. The van der Waals surface area contributed by atoms with E-state index >= 15 is 0 Å². The Kier molecular flexibility index (Phi) is 165. The molecule has 0 rings (SSSR count). The van der Waals surface area contributed by atoms with Gasteiger partial charge in [0.15, 0.2) is 0 Å². The standard InChI is InChI=1S/C2H6.CH2.W/c1-2;;/h1-2H3;1H2;. The van der Waals surface area contributed by atoms with Crippen LogP contribution in [0.4, 0.5) is 0 Å². The van der Waals surface area contributed by atoms with E-state index in [1.54, 1.807) is 0 Å². The van der Waals surface area contributed by atoms with Gasteiger partial charge in [0.05, 0.1) is 0 Å². The molecule has 0 bridgehead atoms. The summed E-state index contributed by atoms with van der Waals surface area (Å²) in [6.07, 6.45) is 0. The summed E-state index contributed by atoms with van der Waals surface area (Å²) in [5.41, 5.74) is 0. The van der Waals surface area contributed by atoms with Crippen molar-refractivity contribution in [1.29, 1.82) is 0 Å². The van der Waals surface area contributed by atoms with Crippen LogP contribution in [0.5, 0.6) is 0 Å². The Balaban J connectivity index is 0. The van der Waals surface area contributed by atoms with E-state index in [9.17, 15) is 0 Å². The maximum atomic E-state index is 3.33. The van der Waals surface area contributed by atoms with E-state index in [-0.39, 0.29) is 0 Å². The third kappa shape index (κ3) is 19.9. The third-order valence-corrected chi connectivity index (χ3v) is 0. The van der Waals surface area contributed by atoms with Gasteiger partial charge in [0, 0.05) is 0 Å². The number of rotatable bonds is 0. The predicted molar refractivity (Wildman–Crippen MR) is 18.5 cm³/mol. The van der Waals surface area contributed by atoms with Crippen molar-refractivity contribution in [2.24, 2.45) is 0 Å². The minimum atomic E-state index is 1.33. The van der Waals surface area contributed by atoms with Gasteiger partial charge in [-0.2, -0.15) is 0 Å². The van der Waals surface area contributed by atoms with Crippen molar-refractivity contribution in [3.8, 4) is 0 Å². The van der Waals surface area contributed by atoms with Crippen molar-refractivity contribution in [3.05, 3.63) is 0 Å². The molecule has 0 aliphatic carbocycles. The Hall–Kier alpha value is 0.558. The average Bonchev–Trinajstić information content (AvgIpc) is 1.50. The summed E-state index contributed by atoms with van der Waals surface area (Å²) >= 11 is 1.33. The van der Waals surface area contributed by atoms with Gasteiger partial charge in [-0.25, -0.2) is 0 Å². The van der Waals surface area contributed by atoms with Gasteiger partial charge in [0.25, 0.3) is 0 Å². The monoisotopic (exact) mass is 228 g/mol. The molecule has 0 radical (unpaired) electrons. The first-order valence-electron chi connectivity index (χ1n) is 1.29. The zero-order valence-electron chi connectivity index (χ0n) is 3.12. The Bertz CT molecular complexity index is 3.25. The molecule has 0 fully saturated rings. The topological polar surface area (TPSA) is 0 Å². The Morgan fingerprint density at radius 3 is 1.25 bits per heavy atom. The molecule has 0 unspecified atom stereocenters. The van der Waals surface area contributed by atoms with Crippen LogP contribution in [0.3, 0.4) is 0 Å². The molecule has 0 aromatic rings. The van der Waals surface area contributed by atoms with Crippen LogP contribution >= 0.6 is 0 Å². The molecular weight excluding hydrogens is 220 g/mol. The van der Waals surface area contributed by atoms with E-state index < -0.39 is 0 Å². The average molecular weight is 228 g/mol. The summed E-state index contributed by atoms with van der Waals surface area (Å²) in [5.74, 6) is 0. The molecule has 4 heavy (non-hydrogen) atoms. The molecule has 0 aromatic heterocycles. The first-order chi connectivity index (χ1) is 2.00. The molecule has 0 atom stereocenters. The summed E-state index contributed by atoms with van der Waals surface area (Å²) in [7, 11) is 0. The normalized spacial score (nSPS) is 2.50. The second-order valence-corrected chi connectivity index (χ2v) is 0. The molecule has 0 spiro atoms. The quantitative estimate of drug-likeness (QED) is 0.579. The molecular formula is C3H8W. The van der Waals surface area contributed by atoms with Crippen LogP contribution in [0.25, 0.3) is 0 Å². The van der Waals surface area contributed by atoms with Crippen molar-refractivity contribution in [1.82, 2.24) is 0 Å². The molecule has 0 nitrogen and oxygen atoms in total. The summed E-state index contributed by atoms with van der Waals surface area (Å²) in [4.78, 5) is 3.33. The second kappa shape index (κ2) is 74.7. The molecule has 0 heterocycles. The minimum absolute atomic E-state index is 1.33. The van der Waals surface area contributed by atoms with E-state index in [0.29, 0.717) is 0 Å². The van der Waals surface area contributed by atoms with Crippen molar-refractivity contribution in [2.75, 3.05) is 0 Å². The fourth-order valence-electron chi connectivity index (χ4n) is 0. The molecule has 0 aromatic carbocycles. The van der Waals surface area contributed by atoms with Gasteiger partial charge < -0.3 is 0 Å². The SMILES string of the molecule is CC.[CH2]=[W]. The molecule has 1 heteroatoms. The van der Waals surface area contributed by atoms with Crippen LogP contribution in [0, 0.1) is 0 Å². The van der Waals surface area contributed by atoms with Gasteiger partial charge >= 0.3 is 24.3 Å². The van der Waals surface area contributed by atoms with Crippen LogP contribution in [0.1, 0.15) is 13.8 Å². The zero-order valence-corrected chi connectivity index (χ0v) is 6.05. The van der Waals surface area contributed by atoms with Crippen LogP contribution in [-0.2, 0) is 19.4 Å². The zero-order chi connectivity index (χ0) is 4.00. The van der Waals surface area contributed by atoms with Gasteiger partial charge in [-0.1, -0.05) is 13.8 Å². The molecule has 0 saturated carbocycles. The van der Waals surface area contributed by atoms with Gasteiger partial charge in [-0.3, -0.25) is 0 Å². The summed E-state index contributed by atoms with van der Waals surface area (Å²) in [6, 6.07) is 0. The van der Waals surface area contributed by atoms with Gasteiger partial charge in [-0.15, -0.1) is 0 Å². The molecule has 0 N–H and O–H groups in total. The van der Waals surface area contributed by atoms with Crippen LogP contribution in [-0.4, -0.2) is 4.90 Å².